The maximum Gasteiger partial charge on any atom is 0.117 e. The van der Waals surface area contributed by atoms with Crippen LogP contribution in [0.2, 0.25) is 0 Å². The summed E-state index contributed by atoms with van der Waals surface area (Å²) in [5.74, 6) is 0. The summed E-state index contributed by atoms with van der Waals surface area (Å²) < 4.78 is 4.94. The van der Waals surface area contributed by atoms with E-state index in [0.29, 0.717) is 6.54 Å². The fourth-order valence-corrected chi connectivity index (χ4v) is 1.21. The lowest BCUT2D eigenvalue weighted by molar-refractivity contribution is 0.0416. The van der Waals surface area contributed by atoms with Gasteiger partial charge in [0, 0.05) is 33.3 Å². The number of hydrogen-bond acceptors (Lipinski definition) is 4. The molecule has 0 bridgehead atoms. The van der Waals surface area contributed by atoms with Crippen LogP contribution in [0.25, 0.3) is 0 Å². The summed E-state index contributed by atoms with van der Waals surface area (Å²) in [7, 11) is 1.69. The van der Waals surface area contributed by atoms with Crippen LogP contribution in [0.3, 0.4) is 0 Å². The fourth-order valence-electron chi connectivity index (χ4n) is 1.21. The van der Waals surface area contributed by atoms with Crippen LogP contribution in [-0.4, -0.2) is 56.1 Å². The molecule has 0 aromatic carbocycles. The smallest absolute Gasteiger partial charge is 0.117 e. The lowest BCUT2D eigenvalue weighted by Crippen LogP contribution is -2.51. The molecule has 1 unspecified atom stereocenters. The van der Waals surface area contributed by atoms with Gasteiger partial charge in [-0.15, -0.1) is 0 Å². The van der Waals surface area contributed by atoms with E-state index in [4.69, 9.17) is 4.74 Å². The molecule has 11 heavy (non-hydrogen) atoms. The van der Waals surface area contributed by atoms with E-state index in [1.807, 2.05) is 0 Å². The van der Waals surface area contributed by atoms with Crippen LogP contribution in [0, 0.1) is 0 Å². The van der Waals surface area contributed by atoms with Crippen molar-refractivity contribution in [1.82, 2.24) is 10.2 Å². The van der Waals surface area contributed by atoms with Gasteiger partial charge in [-0.2, -0.15) is 0 Å². The number of ether oxygens (including phenoxy) is 1. The van der Waals surface area contributed by atoms with Crippen LogP contribution >= 0.6 is 0 Å². The highest BCUT2D eigenvalue weighted by Gasteiger charge is 2.15. The van der Waals surface area contributed by atoms with Gasteiger partial charge in [-0.25, -0.2) is 0 Å². The highest BCUT2D eigenvalue weighted by Crippen LogP contribution is 1.95. The summed E-state index contributed by atoms with van der Waals surface area (Å²) in [6.07, 6.45) is -0.361. The molecule has 4 nitrogen and oxygen atoms in total. The van der Waals surface area contributed by atoms with Crippen molar-refractivity contribution in [2.75, 3.05) is 39.9 Å². The van der Waals surface area contributed by atoms with Crippen molar-refractivity contribution in [1.29, 1.82) is 0 Å². The van der Waals surface area contributed by atoms with Crippen molar-refractivity contribution in [2.45, 2.75) is 6.23 Å². The highest BCUT2D eigenvalue weighted by molar-refractivity contribution is 4.70. The number of aliphatic hydroxyl groups excluding tert-OH is 1. The Morgan fingerprint density at radius 2 is 2.55 bits per heavy atom. The molecule has 1 heterocycles. The molecule has 0 radical (unpaired) electrons. The van der Waals surface area contributed by atoms with Crippen LogP contribution in [-0.2, 0) is 4.74 Å². The second-order valence-electron chi connectivity index (χ2n) is 2.76. The van der Waals surface area contributed by atoms with E-state index in [1.54, 1.807) is 7.11 Å². The summed E-state index contributed by atoms with van der Waals surface area (Å²) in [4.78, 5) is 2.19. The largest absolute Gasteiger partial charge is 0.383 e. The minimum absolute atomic E-state index is 0.361. The molecule has 0 aromatic heterocycles. The Morgan fingerprint density at radius 3 is 3.18 bits per heavy atom. The van der Waals surface area contributed by atoms with Crippen molar-refractivity contribution in [3.05, 3.63) is 0 Å². The molecule has 4 heteroatoms. The third-order valence-corrected chi connectivity index (χ3v) is 1.85. The maximum atomic E-state index is 9.19. The van der Waals surface area contributed by atoms with E-state index >= 15 is 0 Å². The topological polar surface area (TPSA) is 44.7 Å². The van der Waals surface area contributed by atoms with E-state index in [1.165, 1.54) is 0 Å². The molecular formula is C7H16N2O2. The third kappa shape index (κ3) is 3.16. The second-order valence-corrected chi connectivity index (χ2v) is 2.76. The number of β-amino-alcohol motifs (C(OH)–C–C–N with tert-alkyl or cyclic N) is 1. The average Bonchev–Trinajstić information content (AvgIpc) is 2.01. The quantitative estimate of drug-likeness (QED) is 0.547. The standard InChI is InChI=1S/C7H16N2O2/c1-11-5-4-9-3-2-8-7(10)6-9/h7-8,10H,2-6H2,1H3. The van der Waals surface area contributed by atoms with Crippen molar-refractivity contribution < 1.29 is 9.84 Å². The van der Waals surface area contributed by atoms with Gasteiger partial charge in [-0.1, -0.05) is 0 Å². The number of hydrogen-bond donors (Lipinski definition) is 2. The van der Waals surface area contributed by atoms with Gasteiger partial charge in [0.15, 0.2) is 0 Å². The van der Waals surface area contributed by atoms with Gasteiger partial charge in [-0.3, -0.25) is 10.2 Å². The normalized spacial score (nSPS) is 27.3. The van der Waals surface area contributed by atoms with Crippen LogP contribution in [0.4, 0.5) is 0 Å². The van der Waals surface area contributed by atoms with Crippen LogP contribution in [0.5, 0.6) is 0 Å². The van der Waals surface area contributed by atoms with Gasteiger partial charge < -0.3 is 9.84 Å². The summed E-state index contributed by atoms with van der Waals surface area (Å²) in [6.45, 7) is 4.23. The Morgan fingerprint density at radius 1 is 1.73 bits per heavy atom. The molecule has 0 aromatic rings. The van der Waals surface area contributed by atoms with Gasteiger partial charge in [0.1, 0.15) is 6.23 Å². The zero-order valence-corrected chi connectivity index (χ0v) is 6.92. The Kier molecular flexibility index (Phi) is 3.79. The van der Waals surface area contributed by atoms with Gasteiger partial charge in [0.25, 0.3) is 0 Å². The lowest BCUT2D eigenvalue weighted by atomic mass is 10.3. The first-order valence-corrected chi connectivity index (χ1v) is 3.95. The van der Waals surface area contributed by atoms with Crippen LogP contribution in [0.1, 0.15) is 0 Å². The predicted octanol–water partition coefficient (Wildman–Crippen LogP) is -1.14. The van der Waals surface area contributed by atoms with Gasteiger partial charge in [-0.05, 0) is 0 Å². The average molecular weight is 160 g/mol. The Bertz CT molecular complexity index is 111. The monoisotopic (exact) mass is 160 g/mol. The highest BCUT2D eigenvalue weighted by atomic mass is 16.5. The molecule has 1 aliphatic rings. The van der Waals surface area contributed by atoms with E-state index < -0.39 is 0 Å². The summed E-state index contributed by atoms with van der Waals surface area (Å²) in [6, 6.07) is 0. The number of rotatable bonds is 3. The van der Waals surface area contributed by atoms with Crippen molar-refractivity contribution in [3.63, 3.8) is 0 Å². The number of nitrogens with zero attached hydrogens (tertiary/aromatic N) is 1. The van der Waals surface area contributed by atoms with Crippen LogP contribution < -0.4 is 5.32 Å². The number of methoxy groups -OCH3 is 1. The molecule has 1 rings (SSSR count). The van der Waals surface area contributed by atoms with Crippen molar-refractivity contribution >= 4 is 0 Å². The molecule has 1 aliphatic heterocycles. The zero-order chi connectivity index (χ0) is 8.10. The third-order valence-electron chi connectivity index (χ3n) is 1.85. The number of aliphatic hydroxyl groups is 1. The SMILES string of the molecule is COCCN1CCNC(O)C1. The molecule has 1 saturated heterocycles. The van der Waals surface area contributed by atoms with E-state index in [9.17, 15) is 5.11 Å². The maximum absolute atomic E-state index is 9.19. The predicted molar refractivity (Wildman–Crippen MR) is 42.3 cm³/mol. The molecule has 0 spiro atoms. The van der Waals surface area contributed by atoms with Crippen LogP contribution in [0.15, 0.2) is 0 Å². The number of nitrogens with one attached hydrogen (secondary N) is 1. The molecule has 0 saturated carbocycles. The molecule has 0 amide bonds. The Labute approximate surface area is 67.1 Å². The molecule has 0 aliphatic carbocycles. The first-order valence-electron chi connectivity index (χ1n) is 3.95. The van der Waals surface area contributed by atoms with Crippen molar-refractivity contribution in [2.24, 2.45) is 0 Å². The molecule has 66 valence electrons. The van der Waals surface area contributed by atoms with Crippen molar-refractivity contribution in [3.8, 4) is 0 Å². The second kappa shape index (κ2) is 4.66. The van der Waals surface area contributed by atoms with E-state index in [-0.39, 0.29) is 6.23 Å². The number of piperazine rings is 1. The van der Waals surface area contributed by atoms with E-state index in [2.05, 4.69) is 10.2 Å². The molecule has 1 atom stereocenters. The molecule has 1 fully saturated rings. The molecule has 2 N–H and O–H groups in total. The summed E-state index contributed by atoms with van der Waals surface area (Å²) in [5.41, 5.74) is 0. The first kappa shape index (κ1) is 8.93. The van der Waals surface area contributed by atoms with Gasteiger partial charge >= 0.3 is 0 Å². The fraction of sp³-hybridized carbons (Fsp3) is 1.00. The Hall–Kier alpha value is -0.160. The van der Waals surface area contributed by atoms with Gasteiger partial charge in [0.2, 0.25) is 0 Å². The lowest BCUT2D eigenvalue weighted by Gasteiger charge is -2.30. The molecular weight excluding hydrogens is 144 g/mol. The Balaban J connectivity index is 2.12. The summed E-state index contributed by atoms with van der Waals surface area (Å²) >= 11 is 0. The minimum atomic E-state index is -0.361. The summed E-state index contributed by atoms with van der Waals surface area (Å²) in [5, 5.41) is 12.1. The van der Waals surface area contributed by atoms with E-state index in [0.717, 1.165) is 26.2 Å². The zero-order valence-electron chi connectivity index (χ0n) is 6.92. The first-order chi connectivity index (χ1) is 5.33. The minimum Gasteiger partial charge on any atom is -0.383 e. The van der Waals surface area contributed by atoms with Gasteiger partial charge in [0.05, 0.1) is 6.61 Å².